The largest absolute Gasteiger partial charge is 0.308 e. The summed E-state index contributed by atoms with van der Waals surface area (Å²) in [5, 5.41) is 2.15. The average Bonchev–Trinajstić information content (AvgIpc) is 3.54. The smallest absolute Gasteiger partial charge is 0.268 e. The number of aromatic nitrogens is 2. The van der Waals surface area contributed by atoms with E-state index in [1.807, 2.05) is 80.7 Å². The molecule has 0 saturated carbocycles. The molecule has 0 spiro atoms. The van der Waals surface area contributed by atoms with Gasteiger partial charge in [0.15, 0.2) is 0 Å². The number of anilines is 1. The zero-order valence-electron chi connectivity index (χ0n) is 25.1. The minimum atomic E-state index is -0.314. The molecule has 0 fully saturated rings. The van der Waals surface area contributed by atoms with E-state index in [1.165, 1.54) is 4.90 Å². The van der Waals surface area contributed by atoms with Crippen LogP contribution < -0.4 is 4.90 Å². The van der Waals surface area contributed by atoms with E-state index in [9.17, 15) is 9.59 Å². The minimum absolute atomic E-state index is 0.306. The third kappa shape index (κ3) is 5.63. The number of imide groups is 1. The van der Waals surface area contributed by atoms with Crippen LogP contribution in [0.1, 0.15) is 34.6 Å². The Hall–Kier alpha value is -5.81. The second kappa shape index (κ2) is 14.4. The number of hydrogen-bond donors (Lipinski definition) is 0. The number of nitrogens with zero attached hydrogens (tertiary/aromatic N) is 3. The summed E-state index contributed by atoms with van der Waals surface area (Å²) in [5.41, 5.74) is 6.10. The minimum Gasteiger partial charge on any atom is -0.308 e. The van der Waals surface area contributed by atoms with Gasteiger partial charge in [-0.1, -0.05) is 72.8 Å². The normalized spacial score (nSPS) is 11.4. The van der Waals surface area contributed by atoms with Gasteiger partial charge in [-0.25, -0.2) is 4.90 Å². The fourth-order valence-corrected chi connectivity index (χ4v) is 5.31. The number of amides is 2. The molecule has 5 heteroatoms. The van der Waals surface area contributed by atoms with Crippen molar-refractivity contribution >= 4 is 39.3 Å². The molecule has 0 aliphatic carbocycles. The summed E-state index contributed by atoms with van der Waals surface area (Å²) in [6.07, 6.45) is 7.13. The molecule has 0 saturated heterocycles. The Bertz CT molecular complexity index is 1930. The Labute approximate surface area is 258 Å². The van der Waals surface area contributed by atoms with Crippen LogP contribution >= 0.6 is 0 Å². The maximum atomic E-state index is 13.8. The molecule has 1 aliphatic rings. The molecule has 5 nitrogen and oxygen atoms in total. The number of benzene rings is 4. The van der Waals surface area contributed by atoms with E-state index in [2.05, 4.69) is 60.1 Å². The maximum absolute atomic E-state index is 13.8. The van der Waals surface area contributed by atoms with Gasteiger partial charge in [-0.3, -0.25) is 14.6 Å². The van der Waals surface area contributed by atoms with Gasteiger partial charge in [0.1, 0.15) is 0 Å². The van der Waals surface area contributed by atoms with Crippen LogP contribution in [0.25, 0.3) is 38.6 Å². The summed E-state index contributed by atoms with van der Waals surface area (Å²) in [7, 11) is 0. The number of hydrogen-bond acceptors (Lipinski definition) is 3. The van der Waals surface area contributed by atoms with Gasteiger partial charge in [-0.15, -0.1) is 26.3 Å². The fraction of sp³-hybridized carbons (Fsp3) is 0.0513. The van der Waals surface area contributed by atoms with Crippen molar-refractivity contribution in [3.63, 3.8) is 0 Å². The van der Waals surface area contributed by atoms with E-state index in [-0.39, 0.29) is 11.8 Å². The van der Waals surface area contributed by atoms with Gasteiger partial charge < -0.3 is 4.57 Å². The van der Waals surface area contributed by atoms with Gasteiger partial charge in [0, 0.05) is 28.7 Å². The van der Waals surface area contributed by atoms with Gasteiger partial charge >= 0.3 is 0 Å². The molecular formula is C39H35N3O2. The second-order valence-electron chi connectivity index (χ2n) is 9.59. The van der Waals surface area contributed by atoms with Crippen molar-refractivity contribution in [2.24, 2.45) is 0 Å². The number of carbonyl (C=O) groups excluding carboxylic acids is 2. The van der Waals surface area contributed by atoms with Crippen LogP contribution in [0.5, 0.6) is 0 Å². The van der Waals surface area contributed by atoms with Crippen molar-refractivity contribution in [3.8, 4) is 16.8 Å². The second-order valence-corrected chi connectivity index (χ2v) is 9.59. The zero-order chi connectivity index (χ0) is 31.6. The van der Waals surface area contributed by atoms with Crippen LogP contribution in [0, 0.1) is 0 Å². The summed E-state index contributed by atoms with van der Waals surface area (Å²) in [4.78, 5) is 32.7. The van der Waals surface area contributed by atoms with Gasteiger partial charge in [-0.05, 0) is 61.9 Å². The Balaban J connectivity index is 0.000000505. The third-order valence-electron chi connectivity index (χ3n) is 6.82. The summed E-state index contributed by atoms with van der Waals surface area (Å²) in [5.74, 6) is -0.619. The first-order chi connectivity index (χ1) is 21.6. The topological polar surface area (TPSA) is 55.2 Å². The first kappa shape index (κ1) is 31.1. The quantitative estimate of drug-likeness (QED) is 0.155. The number of pyridine rings is 1. The van der Waals surface area contributed by atoms with E-state index in [1.54, 1.807) is 36.5 Å². The van der Waals surface area contributed by atoms with E-state index in [4.69, 9.17) is 0 Å². The highest BCUT2D eigenvalue weighted by Gasteiger charge is 2.39. The summed E-state index contributed by atoms with van der Waals surface area (Å²) in [6, 6.07) is 32.9. The van der Waals surface area contributed by atoms with Crippen LogP contribution in [0.15, 0.2) is 154 Å². The van der Waals surface area contributed by atoms with E-state index < -0.39 is 0 Å². The van der Waals surface area contributed by atoms with Crippen LogP contribution in [0.4, 0.5) is 5.69 Å². The number of para-hydroxylation sites is 2. The molecule has 44 heavy (non-hydrogen) atoms. The number of allylic oxidation sites excluding steroid dienone is 2. The summed E-state index contributed by atoms with van der Waals surface area (Å²) < 4.78 is 2.10. The molecule has 0 atom stereocenters. The molecule has 2 amide bonds. The van der Waals surface area contributed by atoms with Crippen molar-refractivity contribution in [1.29, 1.82) is 0 Å². The van der Waals surface area contributed by atoms with Crippen molar-refractivity contribution in [3.05, 3.63) is 165 Å². The lowest BCUT2D eigenvalue weighted by molar-refractivity contribution is 0.0926. The summed E-state index contributed by atoms with van der Waals surface area (Å²) in [6.45, 7) is 16.5. The molecule has 7 rings (SSSR count). The van der Waals surface area contributed by atoms with E-state index >= 15 is 0 Å². The number of rotatable bonds is 3. The van der Waals surface area contributed by atoms with Gasteiger partial charge in [0.2, 0.25) is 0 Å². The molecular weight excluding hydrogens is 542 g/mol. The highest BCUT2D eigenvalue weighted by Crippen LogP contribution is 2.40. The van der Waals surface area contributed by atoms with Crippen LogP contribution in [-0.4, -0.2) is 21.4 Å². The molecule has 1 aliphatic heterocycles. The van der Waals surface area contributed by atoms with Gasteiger partial charge in [-0.2, -0.15) is 0 Å². The highest BCUT2D eigenvalue weighted by atomic mass is 16.2. The lowest BCUT2D eigenvalue weighted by Crippen LogP contribution is -2.29. The van der Waals surface area contributed by atoms with Crippen molar-refractivity contribution in [1.82, 2.24) is 9.55 Å². The fourth-order valence-electron chi connectivity index (χ4n) is 5.31. The first-order valence-electron chi connectivity index (χ1n) is 14.2. The zero-order valence-corrected chi connectivity index (χ0v) is 25.1. The van der Waals surface area contributed by atoms with Crippen molar-refractivity contribution < 1.29 is 9.59 Å². The van der Waals surface area contributed by atoms with Gasteiger partial charge in [0.25, 0.3) is 11.8 Å². The molecule has 0 radical (unpaired) electrons. The predicted molar refractivity (Wildman–Crippen MR) is 185 cm³/mol. The van der Waals surface area contributed by atoms with Gasteiger partial charge in [0.05, 0.1) is 33.5 Å². The van der Waals surface area contributed by atoms with Crippen molar-refractivity contribution in [2.75, 3.05) is 4.90 Å². The lowest BCUT2D eigenvalue weighted by Gasteiger charge is -2.14. The SMILES string of the molecule is C=C.C=CC.C=CC.O=C1c2cccc(-n3c4ccccc4c4c(-c5cccnc5)cccc43)c2C(=O)N1c1ccccc1. The monoisotopic (exact) mass is 577 g/mol. The Morgan fingerprint density at radius 1 is 0.659 bits per heavy atom. The van der Waals surface area contributed by atoms with E-state index in [0.29, 0.717) is 22.5 Å². The predicted octanol–water partition coefficient (Wildman–Crippen LogP) is 9.83. The Morgan fingerprint density at radius 3 is 1.95 bits per heavy atom. The van der Waals surface area contributed by atoms with Crippen LogP contribution in [0.2, 0.25) is 0 Å². The third-order valence-corrected chi connectivity index (χ3v) is 6.82. The molecule has 2 aromatic heterocycles. The number of fused-ring (bicyclic) bond motifs is 4. The molecule has 6 aromatic rings. The Kier molecular flexibility index (Phi) is 10.2. The first-order valence-corrected chi connectivity index (χ1v) is 14.2. The Morgan fingerprint density at radius 2 is 1.27 bits per heavy atom. The number of carbonyl (C=O) groups is 2. The highest BCUT2D eigenvalue weighted by molar-refractivity contribution is 6.35. The molecule has 4 aromatic carbocycles. The average molecular weight is 578 g/mol. The molecule has 3 heterocycles. The molecule has 0 unspecified atom stereocenters. The molecule has 218 valence electrons. The van der Waals surface area contributed by atoms with Crippen LogP contribution in [0.3, 0.4) is 0 Å². The summed E-state index contributed by atoms with van der Waals surface area (Å²) >= 11 is 0. The molecule has 0 N–H and O–H groups in total. The molecule has 0 bridgehead atoms. The lowest BCUT2D eigenvalue weighted by atomic mass is 10.0. The van der Waals surface area contributed by atoms with Crippen LogP contribution in [-0.2, 0) is 0 Å². The standard InChI is InChI=1S/C31H19N3O2.2C3H6.C2H4/c35-30-24-14-7-17-27(29(24)31(36)33(30)21-10-2-1-3-11-21)34-25-15-5-4-12-23(25)28-22(13-6-16-26(28)34)20-9-8-18-32-19-20;2*1-3-2;1-2/h1-19H;2*3H,1H2,2H3;1-2H2. The van der Waals surface area contributed by atoms with E-state index in [0.717, 1.165) is 32.9 Å². The van der Waals surface area contributed by atoms with Crippen molar-refractivity contribution in [2.45, 2.75) is 13.8 Å². The maximum Gasteiger partial charge on any atom is 0.268 e.